The minimum Gasteiger partial charge on any atom is -0.497 e. The summed E-state index contributed by atoms with van der Waals surface area (Å²) in [6.07, 6.45) is 0. The quantitative estimate of drug-likeness (QED) is 0.0646. The van der Waals surface area contributed by atoms with Crippen LogP contribution in [-0.2, 0) is 0 Å². The van der Waals surface area contributed by atoms with E-state index in [2.05, 4.69) is 229 Å². The highest BCUT2D eigenvalue weighted by Crippen LogP contribution is 2.44. The minimum absolute atomic E-state index is 0.270. The number of rotatable bonds is 22. The first-order valence-electron chi connectivity index (χ1n) is 39.9. The lowest BCUT2D eigenvalue weighted by Gasteiger charge is -2.27. The third kappa shape index (κ3) is 21.8. The van der Waals surface area contributed by atoms with E-state index in [1.807, 2.05) is 169 Å². The lowest BCUT2D eigenvalue weighted by molar-refractivity contribution is 0.174. The van der Waals surface area contributed by atoms with Crippen LogP contribution < -0.4 is 62.4 Å². The average Bonchev–Trinajstić information content (AvgIpc) is 1.26. The third-order valence-electron chi connectivity index (χ3n) is 20.5. The molecule has 0 aliphatic carbocycles. The number of para-hydroxylation sites is 3. The van der Waals surface area contributed by atoms with Gasteiger partial charge in [0, 0.05) is 85.7 Å². The fraction of sp³-hybridized carbons (Fsp3) is 0.103. The van der Waals surface area contributed by atoms with Gasteiger partial charge in [-0.2, -0.15) is 0 Å². The number of halogens is 2. The zero-order valence-electron chi connectivity index (χ0n) is 70.0. The SMILES string of the molecule is COc1ccc(N(c2ccc(C)c(C)c2)c2ccc(C)c(C)c2)cc1.COc1ccc(N(c2ccc(F)cc2)c2ccc(F)cc2)cc1.COc1ccc(N(c2ccccc2)c2ccc(-c3ccccc3)cc2)cc1.COc1ccc(N(c2ccccc2)c2ccc(OC)cc2)cc1.COc1ccc(N(c2ccccc2)c2ccc3c(c2)OCO3)cc1. The normalized spacial score (nSPS) is 10.7. The molecule has 16 aromatic rings. The van der Waals surface area contributed by atoms with E-state index in [4.69, 9.17) is 37.9 Å². The van der Waals surface area contributed by atoms with Crippen LogP contribution in [0.3, 0.4) is 0 Å². The van der Waals surface area contributed by atoms with Crippen LogP contribution in [0.4, 0.5) is 94.1 Å². The van der Waals surface area contributed by atoms with Gasteiger partial charge in [-0.1, -0.05) is 109 Å². The molecule has 0 N–H and O–H groups in total. The van der Waals surface area contributed by atoms with E-state index >= 15 is 0 Å². The molecule has 16 aromatic carbocycles. The predicted octanol–water partition coefficient (Wildman–Crippen LogP) is 28.7. The number of hydrogen-bond donors (Lipinski definition) is 0. The molecular weight excluding hydrogens is 1520 g/mol. The van der Waals surface area contributed by atoms with Crippen molar-refractivity contribution in [2.45, 2.75) is 27.7 Å². The van der Waals surface area contributed by atoms with Gasteiger partial charge in [0.05, 0.1) is 48.3 Å². The van der Waals surface area contributed by atoms with E-state index in [0.717, 1.165) is 131 Å². The monoisotopic (exact) mass is 1620 g/mol. The van der Waals surface area contributed by atoms with Crippen molar-refractivity contribution in [3.05, 3.63) is 428 Å². The molecular formula is C107H97F2N5O8. The molecule has 0 saturated heterocycles. The van der Waals surface area contributed by atoms with Crippen molar-refractivity contribution in [3.63, 3.8) is 0 Å². The van der Waals surface area contributed by atoms with E-state index < -0.39 is 0 Å². The highest BCUT2D eigenvalue weighted by molar-refractivity contribution is 5.83. The fourth-order valence-electron chi connectivity index (χ4n) is 13.7. The van der Waals surface area contributed by atoms with Gasteiger partial charge in [-0.3, -0.25) is 0 Å². The number of nitrogens with zero attached hydrogens (tertiary/aromatic N) is 5. The molecule has 1 aliphatic rings. The van der Waals surface area contributed by atoms with Crippen molar-refractivity contribution in [2.24, 2.45) is 0 Å². The Bertz CT molecular complexity index is 5770. The molecule has 0 fully saturated rings. The smallest absolute Gasteiger partial charge is 0.231 e. The number of ether oxygens (including phenoxy) is 8. The number of fused-ring (bicyclic) bond motifs is 1. The molecule has 1 heterocycles. The maximum Gasteiger partial charge on any atom is 0.231 e. The molecule has 612 valence electrons. The summed E-state index contributed by atoms with van der Waals surface area (Å²) in [5, 5.41) is 0. The van der Waals surface area contributed by atoms with Gasteiger partial charge in [0.15, 0.2) is 11.5 Å². The molecule has 0 atom stereocenters. The summed E-state index contributed by atoms with van der Waals surface area (Å²) in [5.74, 6) is 5.92. The lowest BCUT2D eigenvalue weighted by Crippen LogP contribution is -2.10. The Labute approximate surface area is 714 Å². The number of aryl methyl sites for hydroxylation is 4. The lowest BCUT2D eigenvalue weighted by atomic mass is 10.0. The summed E-state index contributed by atoms with van der Waals surface area (Å²) in [4.78, 5) is 10.8. The highest BCUT2D eigenvalue weighted by atomic mass is 19.1. The molecule has 0 spiro atoms. The molecule has 0 radical (unpaired) electrons. The second-order valence-corrected chi connectivity index (χ2v) is 28.3. The van der Waals surface area contributed by atoms with Crippen molar-refractivity contribution in [3.8, 4) is 57.1 Å². The second-order valence-electron chi connectivity index (χ2n) is 28.3. The largest absolute Gasteiger partial charge is 0.497 e. The fourth-order valence-corrected chi connectivity index (χ4v) is 13.7. The first-order chi connectivity index (χ1) is 59.7. The van der Waals surface area contributed by atoms with Crippen molar-refractivity contribution in [1.29, 1.82) is 0 Å². The van der Waals surface area contributed by atoms with Crippen LogP contribution in [0.15, 0.2) is 394 Å². The van der Waals surface area contributed by atoms with E-state index in [0.29, 0.717) is 0 Å². The van der Waals surface area contributed by atoms with Crippen molar-refractivity contribution >= 4 is 85.3 Å². The van der Waals surface area contributed by atoms with Crippen LogP contribution in [-0.4, -0.2) is 49.5 Å². The van der Waals surface area contributed by atoms with Crippen LogP contribution in [0.1, 0.15) is 22.3 Å². The Morgan fingerprint density at radius 2 is 0.402 bits per heavy atom. The third-order valence-corrected chi connectivity index (χ3v) is 20.5. The summed E-state index contributed by atoms with van der Waals surface area (Å²) >= 11 is 0. The standard InChI is InChI=1S/C25H21NO.C23H25NO.C20H17NO3.C20H19NO2.C19H15F2NO/c1-27-25-18-16-24(17-19-25)26(22-10-6-3-7-11-22)23-14-12-21(13-15-23)20-8-4-2-5-9-20;1-16-6-8-21(14-18(16)3)24(20-10-12-23(25-5)13-11-20)22-9-7-17(2)19(4)15-22;1-22-18-10-7-16(8-11-18)21(15-5-3-2-4-6-15)17-9-12-19-20(13-17)24-14-23-19;1-22-19-12-8-17(9-13-19)21(16-6-4-3-5-7-16)18-10-14-20(23-2)15-11-18;1-23-19-12-10-18(11-13-19)22(16-6-2-14(20)3-7-16)17-8-4-15(21)5-9-17/h2-19H,1H3;6-15H,1-5H3;2-13H,14H2,1H3;3-15H,1-2H3;2-13H,1H3. The maximum atomic E-state index is 13.2. The van der Waals surface area contributed by atoms with E-state index in [9.17, 15) is 8.78 Å². The Morgan fingerprint density at radius 3 is 0.680 bits per heavy atom. The van der Waals surface area contributed by atoms with Crippen LogP contribution in [0.5, 0.6) is 46.0 Å². The molecule has 122 heavy (non-hydrogen) atoms. The van der Waals surface area contributed by atoms with Crippen LogP contribution >= 0.6 is 0 Å². The summed E-state index contributed by atoms with van der Waals surface area (Å²) in [5.41, 5.74) is 23.2. The summed E-state index contributed by atoms with van der Waals surface area (Å²) in [7, 11) is 10.0. The van der Waals surface area contributed by atoms with Gasteiger partial charge in [-0.15, -0.1) is 0 Å². The van der Waals surface area contributed by atoms with Gasteiger partial charge in [-0.05, 0) is 340 Å². The van der Waals surface area contributed by atoms with E-state index in [1.165, 1.54) is 57.6 Å². The highest BCUT2D eigenvalue weighted by Gasteiger charge is 2.22. The molecule has 0 amide bonds. The Morgan fingerprint density at radius 1 is 0.197 bits per heavy atom. The summed E-state index contributed by atoms with van der Waals surface area (Å²) < 4.78 is 69.0. The molecule has 1 aliphatic heterocycles. The number of hydrogen-bond acceptors (Lipinski definition) is 13. The van der Waals surface area contributed by atoms with Gasteiger partial charge in [0.1, 0.15) is 46.1 Å². The number of methoxy groups -OCH3 is 6. The molecule has 17 rings (SSSR count). The number of anilines is 15. The summed E-state index contributed by atoms with van der Waals surface area (Å²) in [6, 6.07) is 129. The molecule has 0 saturated carbocycles. The van der Waals surface area contributed by atoms with Crippen LogP contribution in [0.2, 0.25) is 0 Å². The van der Waals surface area contributed by atoms with Crippen molar-refractivity contribution in [2.75, 3.05) is 74.0 Å². The zero-order chi connectivity index (χ0) is 85.1. The van der Waals surface area contributed by atoms with Crippen LogP contribution in [0.25, 0.3) is 11.1 Å². The van der Waals surface area contributed by atoms with Crippen LogP contribution in [0, 0.1) is 39.3 Å². The minimum atomic E-state index is -0.303. The summed E-state index contributed by atoms with van der Waals surface area (Å²) in [6.45, 7) is 8.88. The van der Waals surface area contributed by atoms with Crippen molar-refractivity contribution in [1.82, 2.24) is 0 Å². The molecule has 0 bridgehead atoms. The zero-order valence-corrected chi connectivity index (χ0v) is 70.0. The molecule has 15 heteroatoms. The van der Waals surface area contributed by atoms with Crippen molar-refractivity contribution < 1.29 is 46.7 Å². The Kier molecular flexibility index (Phi) is 29.0. The predicted molar refractivity (Wildman–Crippen MR) is 495 cm³/mol. The van der Waals surface area contributed by atoms with Gasteiger partial charge in [-0.25, -0.2) is 8.78 Å². The van der Waals surface area contributed by atoms with Gasteiger partial charge < -0.3 is 62.4 Å². The molecule has 0 aromatic heterocycles. The molecule has 0 unspecified atom stereocenters. The average molecular weight is 1620 g/mol. The first kappa shape index (κ1) is 84.7. The Balaban J connectivity index is 0.000000132. The van der Waals surface area contributed by atoms with Gasteiger partial charge in [0.2, 0.25) is 6.79 Å². The number of benzene rings is 16. The first-order valence-corrected chi connectivity index (χ1v) is 39.9. The molecule has 13 nitrogen and oxygen atoms in total. The van der Waals surface area contributed by atoms with E-state index in [1.54, 1.807) is 66.9 Å². The van der Waals surface area contributed by atoms with E-state index in [-0.39, 0.29) is 18.4 Å². The van der Waals surface area contributed by atoms with Gasteiger partial charge in [0.25, 0.3) is 0 Å². The second kappa shape index (κ2) is 41.8. The topological polar surface area (TPSA) is 90.0 Å². The Hall–Kier alpha value is -15.2. The maximum absolute atomic E-state index is 13.2. The van der Waals surface area contributed by atoms with Gasteiger partial charge >= 0.3 is 0 Å².